The van der Waals surface area contributed by atoms with Crippen molar-refractivity contribution in [2.75, 3.05) is 0 Å². The number of rotatable bonds is 20. The molecule has 1 aromatic carbocycles. The molecule has 0 fully saturated rings. The summed E-state index contributed by atoms with van der Waals surface area (Å²) in [6, 6.07) is 10.3. The molecule has 0 heterocycles. The minimum atomic E-state index is -4.84. The molecule has 0 radical (unpaired) electrons. The zero-order chi connectivity index (χ0) is 27.2. The van der Waals surface area contributed by atoms with Gasteiger partial charge >= 0.3 is 155 Å². The summed E-state index contributed by atoms with van der Waals surface area (Å²) in [5, 5.41) is 13.9. The molecular formula is C26H43NaO8S. The van der Waals surface area contributed by atoms with Crippen molar-refractivity contribution in [3.63, 3.8) is 0 Å². The van der Waals surface area contributed by atoms with Gasteiger partial charge in [-0.2, -0.15) is 8.42 Å². The molecule has 2 unspecified atom stereocenters. The Labute approximate surface area is 234 Å². The number of carboxylic acids is 2. The Morgan fingerprint density at radius 3 is 1.69 bits per heavy atom. The van der Waals surface area contributed by atoms with Gasteiger partial charge in [-0.05, 0) is 0 Å². The quantitative estimate of drug-likeness (QED) is 0.106. The molecule has 2 atom stereocenters. The Morgan fingerprint density at radius 1 is 0.861 bits per heavy atom. The number of para-hydroxylation sites is 1. The summed E-state index contributed by atoms with van der Waals surface area (Å²) in [7, 11) is -4.84. The molecule has 0 spiro atoms. The van der Waals surface area contributed by atoms with Crippen LogP contribution >= 0.6 is 0 Å². The molecular weight excluding hydrogens is 495 g/mol. The van der Waals surface area contributed by atoms with Crippen molar-refractivity contribution in [1.29, 1.82) is 0 Å². The van der Waals surface area contributed by atoms with Crippen LogP contribution in [0.15, 0.2) is 30.3 Å². The predicted octanol–water partition coefficient (Wildman–Crippen LogP) is 5.91. The van der Waals surface area contributed by atoms with Crippen LogP contribution in [0.4, 0.5) is 0 Å². The average molecular weight is 539 g/mol. The van der Waals surface area contributed by atoms with Crippen LogP contribution < -0.4 is 4.74 Å². The maximum atomic E-state index is 10.2. The number of benzene rings is 1. The second kappa shape index (κ2) is 21.9. The largest absolute Gasteiger partial charge is 0.481 e. The summed E-state index contributed by atoms with van der Waals surface area (Å²) >= 11 is 1.23. The van der Waals surface area contributed by atoms with E-state index in [0.29, 0.717) is 6.10 Å². The van der Waals surface area contributed by atoms with Crippen molar-refractivity contribution >= 4 is 50.0 Å². The Balaban J connectivity index is 0.000000860. The van der Waals surface area contributed by atoms with Crippen LogP contribution in [-0.2, 0) is 19.7 Å². The Morgan fingerprint density at radius 2 is 1.33 bits per heavy atom. The molecule has 0 aromatic heterocycles. The van der Waals surface area contributed by atoms with Gasteiger partial charge in [-0.3, -0.25) is 14.1 Å². The molecule has 0 bridgehead atoms. The fraction of sp³-hybridized carbons (Fsp3) is 0.692. The van der Waals surface area contributed by atoms with E-state index in [1.54, 1.807) is 0 Å². The van der Waals surface area contributed by atoms with Crippen LogP contribution in [-0.4, -0.2) is 74.4 Å². The Hall–Kier alpha value is -1.13. The van der Waals surface area contributed by atoms with Crippen molar-refractivity contribution in [3.05, 3.63) is 30.3 Å². The van der Waals surface area contributed by atoms with Gasteiger partial charge in [0, 0.05) is 0 Å². The molecule has 0 aliphatic heterocycles. The van der Waals surface area contributed by atoms with Crippen LogP contribution in [0.5, 0.6) is 5.75 Å². The SMILES string of the molecule is CCCCCCCCCCCCCCC([CH2][Na])Oc1ccccc1.O=C(O)CC(C(=O)O)S(=O)(=O)O. The number of hydrogen-bond acceptors (Lipinski definition) is 5. The predicted molar refractivity (Wildman–Crippen MR) is 142 cm³/mol. The van der Waals surface area contributed by atoms with E-state index in [0.717, 1.165) is 5.75 Å². The Kier molecular flexibility index (Phi) is 21.2. The molecule has 3 N–H and O–H groups in total. The minimum Gasteiger partial charge on any atom is -0.481 e. The number of hydrogen-bond donors (Lipinski definition) is 3. The molecule has 8 nitrogen and oxygen atoms in total. The maximum Gasteiger partial charge on any atom is 0.325 e. The Bertz CT molecular complexity index is 801. The van der Waals surface area contributed by atoms with Crippen molar-refractivity contribution in [2.24, 2.45) is 0 Å². The van der Waals surface area contributed by atoms with Crippen LogP contribution in [0.25, 0.3) is 0 Å². The van der Waals surface area contributed by atoms with Gasteiger partial charge < -0.3 is 10.2 Å². The van der Waals surface area contributed by atoms with Gasteiger partial charge in [-0.15, -0.1) is 0 Å². The summed E-state index contributed by atoms with van der Waals surface area (Å²) in [6.07, 6.45) is 17.6. The van der Waals surface area contributed by atoms with Gasteiger partial charge in [-0.25, -0.2) is 0 Å². The topological polar surface area (TPSA) is 138 Å². The molecule has 0 aliphatic rings. The van der Waals surface area contributed by atoms with Crippen LogP contribution in [0.1, 0.15) is 96.8 Å². The van der Waals surface area contributed by atoms with Crippen LogP contribution in [0.3, 0.4) is 0 Å². The molecule has 1 rings (SSSR count). The zero-order valence-electron chi connectivity index (χ0n) is 21.9. The van der Waals surface area contributed by atoms with E-state index in [2.05, 4.69) is 31.2 Å². The first kappa shape index (κ1) is 34.9. The monoisotopic (exact) mass is 538 g/mol. The van der Waals surface area contributed by atoms with E-state index in [-0.39, 0.29) is 0 Å². The number of carbonyl (C=O) groups is 2. The molecule has 1 aromatic rings. The smallest absolute Gasteiger partial charge is 0.325 e. The second-order valence-corrected chi connectivity index (χ2v) is 11.5. The van der Waals surface area contributed by atoms with E-state index in [4.69, 9.17) is 19.5 Å². The van der Waals surface area contributed by atoms with Crippen molar-refractivity contribution in [2.45, 2.75) is 112 Å². The average Bonchev–Trinajstić information content (AvgIpc) is 2.82. The molecule has 10 heteroatoms. The van der Waals surface area contributed by atoms with E-state index in [9.17, 15) is 18.0 Å². The molecule has 0 saturated carbocycles. The van der Waals surface area contributed by atoms with Gasteiger partial charge in [0.05, 0.1) is 6.42 Å². The molecule has 0 amide bonds. The van der Waals surface area contributed by atoms with Crippen molar-refractivity contribution < 1.29 is 37.5 Å². The third kappa shape index (κ3) is 20.0. The number of carboxylic acid groups (broad SMARTS) is 2. The van der Waals surface area contributed by atoms with Gasteiger partial charge in [0.1, 0.15) is 0 Å². The van der Waals surface area contributed by atoms with Gasteiger partial charge in [-0.1, -0.05) is 26.2 Å². The van der Waals surface area contributed by atoms with Crippen LogP contribution in [0.2, 0.25) is 3.67 Å². The summed E-state index contributed by atoms with van der Waals surface area (Å²) < 4.78 is 36.0. The number of ether oxygens (including phenoxy) is 1. The van der Waals surface area contributed by atoms with Gasteiger partial charge in [0.15, 0.2) is 5.25 Å². The van der Waals surface area contributed by atoms with Gasteiger partial charge in [0.2, 0.25) is 0 Å². The second-order valence-electron chi connectivity index (χ2n) is 9.08. The molecule has 36 heavy (non-hydrogen) atoms. The van der Waals surface area contributed by atoms with E-state index < -0.39 is 33.7 Å². The molecule has 0 saturated heterocycles. The first-order valence-corrected chi connectivity index (χ1v) is 16.2. The van der Waals surface area contributed by atoms with Gasteiger partial charge in [0.25, 0.3) is 10.1 Å². The molecule has 0 aliphatic carbocycles. The summed E-state index contributed by atoms with van der Waals surface area (Å²) in [5.41, 5.74) is 0. The van der Waals surface area contributed by atoms with Crippen molar-refractivity contribution in [3.8, 4) is 5.75 Å². The standard InChI is InChI=1S/C22H37O.C4H6O7S.Na/c1-3-4-5-6-7-8-9-10-11-12-13-15-18-21(2)23-22-19-16-14-17-20-22;5-3(6)1-2(4(7)8)12(9,10)11;/h14,16-17,19-21H,2-13,15,18H2,1H3;2H,1H2,(H,5,6)(H,7,8)(H,9,10,11);. The third-order valence-electron chi connectivity index (χ3n) is 5.88. The number of unbranched alkanes of at least 4 members (excludes halogenated alkanes) is 11. The summed E-state index contributed by atoms with van der Waals surface area (Å²) in [6.45, 7) is 2.29. The first-order valence-electron chi connectivity index (χ1n) is 13.2. The van der Waals surface area contributed by atoms with E-state index in [1.807, 2.05) is 6.07 Å². The fourth-order valence-electron chi connectivity index (χ4n) is 3.73. The minimum absolute atomic E-state index is 0.446. The normalized spacial score (nSPS) is 12.8. The van der Waals surface area contributed by atoms with Crippen molar-refractivity contribution in [1.82, 2.24) is 0 Å². The van der Waals surface area contributed by atoms with E-state index in [1.165, 1.54) is 115 Å². The third-order valence-corrected chi connectivity index (χ3v) is 7.87. The maximum absolute atomic E-state index is 10.2. The fourth-order valence-corrected chi connectivity index (χ4v) is 4.91. The summed E-state index contributed by atoms with van der Waals surface area (Å²) in [4.78, 5) is 20.0. The van der Waals surface area contributed by atoms with Crippen LogP contribution in [0, 0.1) is 0 Å². The van der Waals surface area contributed by atoms with E-state index >= 15 is 0 Å². The zero-order valence-corrected chi connectivity index (χ0v) is 24.8. The first-order chi connectivity index (χ1) is 17.1. The molecule has 202 valence electrons. The summed E-state index contributed by atoms with van der Waals surface area (Å²) in [5.74, 6) is -2.46. The number of aliphatic carboxylic acids is 2.